The maximum atomic E-state index is 3.76. The summed E-state index contributed by atoms with van der Waals surface area (Å²) in [7, 11) is -1.75. The second-order valence-electron chi connectivity index (χ2n) is 8.63. The van der Waals surface area contributed by atoms with Gasteiger partial charge in [0.25, 0.3) is 0 Å². The lowest BCUT2D eigenvalue weighted by molar-refractivity contribution is 0.678. The van der Waals surface area contributed by atoms with Crippen LogP contribution in [-0.4, -0.2) is 8.07 Å². The fraction of sp³-hybridized carbons (Fsp3) is 0.217. The Morgan fingerprint density at radius 1 is 0.630 bits per heavy atom. The van der Waals surface area contributed by atoms with Gasteiger partial charge in [-0.05, 0) is 69.8 Å². The van der Waals surface area contributed by atoms with Gasteiger partial charge in [-0.3, -0.25) is 0 Å². The summed E-state index contributed by atoms with van der Waals surface area (Å²) >= 11 is 11.3. The average Bonchev–Trinajstić information content (AvgIpc) is 2.59. The van der Waals surface area contributed by atoms with Crippen LogP contribution in [-0.2, 0) is 5.04 Å². The van der Waals surface area contributed by atoms with Crippen molar-refractivity contribution in [2.75, 3.05) is 0 Å². The standard InChI is InChI=1S/C23H19Br3Si/c1-27(2,3)23-19-10-13(24)4-7-16(19)22(17-8-5-14(25)11-20(17)23)18-9-6-15(26)12-21(18)23/h4-12,22H,1-3H3. The molecule has 0 unspecified atom stereocenters. The number of rotatable bonds is 1. The number of halogens is 3. The molecule has 0 N–H and O–H groups in total. The molecular formula is C23H19Br3Si. The van der Waals surface area contributed by atoms with Crippen LogP contribution in [0.25, 0.3) is 0 Å². The molecule has 0 heterocycles. The molecule has 0 radical (unpaired) electrons. The maximum absolute atomic E-state index is 3.76. The van der Waals surface area contributed by atoms with E-state index in [1.54, 1.807) is 0 Å². The molecule has 0 aliphatic heterocycles. The van der Waals surface area contributed by atoms with Crippen molar-refractivity contribution in [2.45, 2.75) is 30.6 Å². The van der Waals surface area contributed by atoms with Crippen LogP contribution in [0.15, 0.2) is 68.0 Å². The van der Waals surface area contributed by atoms with Crippen LogP contribution in [0.4, 0.5) is 0 Å². The third kappa shape index (κ3) is 2.30. The summed E-state index contributed by atoms with van der Waals surface area (Å²) in [4.78, 5) is 0. The molecule has 27 heavy (non-hydrogen) atoms. The van der Waals surface area contributed by atoms with Gasteiger partial charge in [-0.15, -0.1) is 0 Å². The van der Waals surface area contributed by atoms with Crippen LogP contribution in [0.1, 0.15) is 39.3 Å². The molecule has 0 saturated heterocycles. The molecule has 0 amide bonds. The van der Waals surface area contributed by atoms with E-state index in [2.05, 4.69) is 122 Å². The van der Waals surface area contributed by atoms with Gasteiger partial charge in [-0.25, -0.2) is 0 Å². The van der Waals surface area contributed by atoms with Gasteiger partial charge in [0.15, 0.2) is 0 Å². The van der Waals surface area contributed by atoms with Crippen molar-refractivity contribution in [3.63, 3.8) is 0 Å². The largest absolute Gasteiger partial charge is 0.0682 e. The van der Waals surface area contributed by atoms with Crippen LogP contribution in [0.2, 0.25) is 19.6 Å². The van der Waals surface area contributed by atoms with Gasteiger partial charge in [0.05, 0.1) is 8.07 Å². The fourth-order valence-corrected chi connectivity index (χ4v) is 9.62. The van der Waals surface area contributed by atoms with Gasteiger partial charge in [-0.2, -0.15) is 0 Å². The highest BCUT2D eigenvalue weighted by molar-refractivity contribution is 9.11. The zero-order valence-electron chi connectivity index (χ0n) is 15.4. The second kappa shape index (κ2) is 5.91. The molecular weight excluding hydrogens is 544 g/mol. The van der Waals surface area contributed by atoms with E-state index in [0.29, 0.717) is 5.92 Å². The van der Waals surface area contributed by atoms with Crippen molar-refractivity contribution in [2.24, 2.45) is 0 Å². The van der Waals surface area contributed by atoms with Gasteiger partial charge >= 0.3 is 0 Å². The van der Waals surface area contributed by atoms with Crippen molar-refractivity contribution in [1.82, 2.24) is 0 Å². The smallest absolute Gasteiger partial charge is 0.0668 e. The van der Waals surface area contributed by atoms with Gasteiger partial charge in [0.2, 0.25) is 0 Å². The first kappa shape index (κ1) is 18.4. The second-order valence-corrected chi connectivity index (χ2v) is 16.6. The molecule has 0 aromatic heterocycles. The van der Waals surface area contributed by atoms with E-state index >= 15 is 0 Å². The molecule has 3 aromatic rings. The first-order chi connectivity index (χ1) is 12.7. The van der Waals surface area contributed by atoms with Gasteiger partial charge in [-0.1, -0.05) is 85.6 Å². The lowest BCUT2D eigenvalue weighted by atomic mass is 9.60. The van der Waals surface area contributed by atoms with Crippen molar-refractivity contribution in [3.8, 4) is 0 Å². The first-order valence-electron chi connectivity index (χ1n) is 9.15. The van der Waals surface area contributed by atoms with Crippen LogP contribution in [0, 0.1) is 0 Å². The summed E-state index contributed by atoms with van der Waals surface area (Å²) < 4.78 is 3.50. The number of hydrogen-bond acceptors (Lipinski definition) is 0. The van der Waals surface area contributed by atoms with E-state index < -0.39 is 8.07 Å². The summed E-state index contributed by atoms with van der Waals surface area (Å²) in [6.45, 7) is 7.54. The Kier molecular flexibility index (Phi) is 4.02. The Hall–Kier alpha value is -0.683. The number of hydrogen-bond donors (Lipinski definition) is 0. The first-order valence-corrected chi connectivity index (χ1v) is 15.0. The minimum absolute atomic E-state index is 0.0565. The summed E-state index contributed by atoms with van der Waals surface area (Å²) in [5, 5.41) is -0.0565. The van der Waals surface area contributed by atoms with Crippen molar-refractivity contribution in [1.29, 1.82) is 0 Å². The summed E-state index contributed by atoms with van der Waals surface area (Å²) in [5.74, 6) is 0.317. The summed E-state index contributed by atoms with van der Waals surface area (Å²) in [5.41, 5.74) is 8.92. The lowest BCUT2D eigenvalue weighted by Crippen LogP contribution is -2.57. The van der Waals surface area contributed by atoms with E-state index in [9.17, 15) is 0 Å². The van der Waals surface area contributed by atoms with Crippen LogP contribution < -0.4 is 0 Å². The monoisotopic (exact) mass is 560 g/mol. The minimum atomic E-state index is -1.75. The van der Waals surface area contributed by atoms with Gasteiger partial charge in [0.1, 0.15) is 0 Å². The summed E-state index contributed by atoms with van der Waals surface area (Å²) in [6, 6.07) is 20.8. The molecule has 136 valence electrons. The Balaban J connectivity index is 2.04. The van der Waals surface area contributed by atoms with E-state index in [4.69, 9.17) is 0 Å². The molecule has 3 aliphatic carbocycles. The van der Waals surface area contributed by atoms with Gasteiger partial charge in [0, 0.05) is 24.4 Å². The van der Waals surface area contributed by atoms with E-state index in [-0.39, 0.29) is 5.04 Å². The normalized spacial score (nSPS) is 22.2. The molecule has 3 aliphatic rings. The molecule has 6 rings (SSSR count). The highest BCUT2D eigenvalue weighted by Gasteiger charge is 2.58. The fourth-order valence-electron chi connectivity index (χ4n) is 5.46. The van der Waals surface area contributed by atoms with Crippen LogP contribution >= 0.6 is 47.8 Å². The third-order valence-corrected chi connectivity index (χ3v) is 10.9. The van der Waals surface area contributed by atoms with E-state index in [1.807, 2.05) is 0 Å². The zero-order chi connectivity index (χ0) is 19.1. The van der Waals surface area contributed by atoms with E-state index in [0.717, 1.165) is 0 Å². The average molecular weight is 563 g/mol. The molecule has 0 nitrogen and oxygen atoms in total. The molecule has 0 atom stereocenters. The Morgan fingerprint density at radius 2 is 0.963 bits per heavy atom. The van der Waals surface area contributed by atoms with E-state index in [1.165, 1.54) is 46.8 Å². The maximum Gasteiger partial charge on any atom is 0.0668 e. The molecule has 2 bridgehead atoms. The summed E-state index contributed by atoms with van der Waals surface area (Å²) in [6.07, 6.45) is 0. The number of benzene rings is 3. The van der Waals surface area contributed by atoms with Crippen molar-refractivity contribution in [3.05, 3.63) is 101 Å². The molecule has 0 saturated carbocycles. The molecule has 0 spiro atoms. The Labute approximate surface area is 186 Å². The predicted octanol–water partition coefficient (Wildman–Crippen LogP) is 7.99. The molecule has 4 heteroatoms. The van der Waals surface area contributed by atoms with Crippen molar-refractivity contribution < 1.29 is 0 Å². The SMILES string of the molecule is C[Si](C)(C)C12c3cc(Br)ccc3C(c3ccc(Br)cc31)c1ccc(Br)cc12. The van der Waals surface area contributed by atoms with Crippen LogP contribution in [0.5, 0.6) is 0 Å². The van der Waals surface area contributed by atoms with Crippen molar-refractivity contribution >= 4 is 55.9 Å². The zero-order valence-corrected chi connectivity index (χ0v) is 21.2. The molecule has 0 fully saturated rings. The van der Waals surface area contributed by atoms with Crippen LogP contribution in [0.3, 0.4) is 0 Å². The highest BCUT2D eigenvalue weighted by atomic mass is 79.9. The topological polar surface area (TPSA) is 0 Å². The molecule has 3 aromatic carbocycles. The quantitative estimate of drug-likeness (QED) is 0.264. The Bertz CT molecular complexity index is 981. The lowest BCUT2D eigenvalue weighted by Gasteiger charge is -2.56. The van der Waals surface area contributed by atoms with Gasteiger partial charge < -0.3 is 0 Å². The Morgan fingerprint density at radius 3 is 1.26 bits per heavy atom. The highest BCUT2D eigenvalue weighted by Crippen LogP contribution is 2.63. The minimum Gasteiger partial charge on any atom is -0.0682 e. The third-order valence-electron chi connectivity index (χ3n) is 6.32. The predicted molar refractivity (Wildman–Crippen MR) is 127 cm³/mol.